The molecular formula is C11H16N2O. The lowest BCUT2D eigenvalue weighted by molar-refractivity contribution is 0.300. The number of nitrogens with zero attached hydrogens (tertiary/aromatic N) is 1. The van der Waals surface area contributed by atoms with Gasteiger partial charge in [-0.2, -0.15) is 0 Å². The molecule has 1 aliphatic carbocycles. The Morgan fingerprint density at radius 3 is 2.71 bits per heavy atom. The third-order valence-corrected chi connectivity index (χ3v) is 2.38. The topological polar surface area (TPSA) is 48.1 Å². The second kappa shape index (κ2) is 3.48. The van der Waals surface area contributed by atoms with Crippen molar-refractivity contribution in [3.8, 4) is 5.75 Å². The van der Waals surface area contributed by atoms with Crippen LogP contribution in [0.15, 0.2) is 12.4 Å². The number of hydrogen-bond donors (Lipinski definition) is 1. The highest BCUT2D eigenvalue weighted by molar-refractivity contribution is 5.55. The molecule has 0 spiro atoms. The van der Waals surface area contributed by atoms with Gasteiger partial charge in [-0.05, 0) is 18.8 Å². The summed E-state index contributed by atoms with van der Waals surface area (Å²) in [4.78, 5) is 4.09. The van der Waals surface area contributed by atoms with Crippen molar-refractivity contribution >= 4 is 5.69 Å². The van der Waals surface area contributed by atoms with Gasteiger partial charge in [-0.3, -0.25) is 4.98 Å². The van der Waals surface area contributed by atoms with Crippen LogP contribution in [0.25, 0.3) is 0 Å². The smallest absolute Gasteiger partial charge is 0.149 e. The van der Waals surface area contributed by atoms with Crippen LogP contribution in [-0.4, -0.2) is 11.1 Å². The van der Waals surface area contributed by atoms with Crippen LogP contribution in [-0.2, 0) is 0 Å². The molecule has 76 valence electrons. The molecule has 0 saturated heterocycles. The number of anilines is 1. The molecule has 1 heterocycles. The minimum Gasteiger partial charge on any atom is -0.488 e. The molecule has 1 aromatic heterocycles. The van der Waals surface area contributed by atoms with Crippen LogP contribution in [0.2, 0.25) is 0 Å². The van der Waals surface area contributed by atoms with Crippen molar-refractivity contribution in [3.05, 3.63) is 18.0 Å². The zero-order valence-corrected chi connectivity index (χ0v) is 8.66. The predicted molar refractivity (Wildman–Crippen MR) is 56.4 cm³/mol. The van der Waals surface area contributed by atoms with E-state index < -0.39 is 0 Å². The molecule has 0 unspecified atom stereocenters. The van der Waals surface area contributed by atoms with E-state index in [0.717, 1.165) is 24.2 Å². The SMILES string of the molecule is CC(C)c1cncc(N)c1OC1CC1. The van der Waals surface area contributed by atoms with Gasteiger partial charge in [0.1, 0.15) is 5.75 Å². The van der Waals surface area contributed by atoms with Crippen LogP contribution >= 0.6 is 0 Å². The molecule has 3 heteroatoms. The Kier molecular flexibility index (Phi) is 2.32. The van der Waals surface area contributed by atoms with Crippen LogP contribution < -0.4 is 10.5 Å². The Labute approximate surface area is 84.3 Å². The van der Waals surface area contributed by atoms with Gasteiger partial charge in [0.2, 0.25) is 0 Å². The van der Waals surface area contributed by atoms with Crippen LogP contribution in [0, 0.1) is 0 Å². The monoisotopic (exact) mass is 192 g/mol. The van der Waals surface area contributed by atoms with Gasteiger partial charge in [-0.1, -0.05) is 13.8 Å². The van der Waals surface area contributed by atoms with Crippen molar-refractivity contribution in [2.45, 2.75) is 38.7 Å². The summed E-state index contributed by atoms with van der Waals surface area (Å²) in [6, 6.07) is 0. The zero-order chi connectivity index (χ0) is 10.1. The van der Waals surface area contributed by atoms with Crippen LogP contribution in [0.4, 0.5) is 5.69 Å². The molecule has 2 rings (SSSR count). The average Bonchev–Trinajstić information content (AvgIpc) is 2.91. The van der Waals surface area contributed by atoms with Crippen molar-refractivity contribution in [1.82, 2.24) is 4.98 Å². The summed E-state index contributed by atoms with van der Waals surface area (Å²) in [5.41, 5.74) is 7.61. The van der Waals surface area contributed by atoms with Gasteiger partial charge in [-0.25, -0.2) is 0 Å². The molecule has 0 bridgehead atoms. The van der Waals surface area contributed by atoms with Crippen molar-refractivity contribution in [3.63, 3.8) is 0 Å². The first-order valence-corrected chi connectivity index (χ1v) is 5.08. The number of hydrogen-bond acceptors (Lipinski definition) is 3. The third kappa shape index (κ3) is 1.81. The van der Waals surface area contributed by atoms with Gasteiger partial charge in [0.25, 0.3) is 0 Å². The second-order valence-electron chi connectivity index (χ2n) is 4.12. The highest BCUT2D eigenvalue weighted by Gasteiger charge is 2.26. The number of ether oxygens (including phenoxy) is 1. The van der Waals surface area contributed by atoms with E-state index in [0.29, 0.717) is 17.7 Å². The standard InChI is InChI=1S/C11H16N2O/c1-7(2)9-5-13-6-10(12)11(9)14-8-3-4-8/h5-8H,3-4,12H2,1-2H3. The first-order chi connectivity index (χ1) is 6.68. The summed E-state index contributed by atoms with van der Waals surface area (Å²) in [5.74, 6) is 1.25. The molecule has 1 saturated carbocycles. The quantitative estimate of drug-likeness (QED) is 0.799. The number of nitrogens with two attached hydrogens (primary N) is 1. The second-order valence-corrected chi connectivity index (χ2v) is 4.12. The van der Waals surface area contributed by atoms with E-state index in [1.54, 1.807) is 6.20 Å². The predicted octanol–water partition coefficient (Wildman–Crippen LogP) is 2.33. The molecule has 1 aliphatic rings. The minimum atomic E-state index is 0.386. The Bertz CT molecular complexity index is 332. The minimum absolute atomic E-state index is 0.386. The van der Waals surface area contributed by atoms with Crippen LogP contribution in [0.5, 0.6) is 5.75 Å². The first kappa shape index (κ1) is 9.31. The highest BCUT2D eigenvalue weighted by Crippen LogP contribution is 2.35. The molecule has 1 aromatic rings. The largest absolute Gasteiger partial charge is 0.488 e. The molecule has 0 aromatic carbocycles. The van der Waals surface area contributed by atoms with E-state index in [9.17, 15) is 0 Å². The zero-order valence-electron chi connectivity index (χ0n) is 8.66. The molecule has 0 amide bonds. The third-order valence-electron chi connectivity index (χ3n) is 2.38. The Hall–Kier alpha value is -1.25. The van der Waals surface area contributed by atoms with Gasteiger partial charge in [0.05, 0.1) is 18.0 Å². The molecule has 0 radical (unpaired) electrons. The van der Waals surface area contributed by atoms with Gasteiger partial charge >= 0.3 is 0 Å². The molecule has 1 fully saturated rings. The van der Waals surface area contributed by atoms with Gasteiger partial charge < -0.3 is 10.5 Å². The lowest BCUT2D eigenvalue weighted by Crippen LogP contribution is -2.05. The summed E-state index contributed by atoms with van der Waals surface area (Å²) in [7, 11) is 0. The fourth-order valence-electron chi connectivity index (χ4n) is 1.38. The van der Waals surface area contributed by atoms with E-state index in [1.807, 2.05) is 6.20 Å². The Morgan fingerprint density at radius 2 is 2.14 bits per heavy atom. The fraction of sp³-hybridized carbons (Fsp3) is 0.545. The van der Waals surface area contributed by atoms with Crippen molar-refractivity contribution in [2.24, 2.45) is 0 Å². The summed E-state index contributed by atoms with van der Waals surface area (Å²) < 4.78 is 5.78. The number of aromatic nitrogens is 1. The summed E-state index contributed by atoms with van der Waals surface area (Å²) in [6.07, 6.45) is 6.19. The van der Waals surface area contributed by atoms with E-state index in [-0.39, 0.29) is 0 Å². The maximum absolute atomic E-state index is 5.85. The number of pyridine rings is 1. The lowest BCUT2D eigenvalue weighted by Gasteiger charge is -2.14. The van der Waals surface area contributed by atoms with Crippen molar-refractivity contribution < 1.29 is 4.74 Å². The molecule has 0 aliphatic heterocycles. The van der Waals surface area contributed by atoms with E-state index in [1.165, 1.54) is 0 Å². The van der Waals surface area contributed by atoms with E-state index in [2.05, 4.69) is 18.8 Å². The van der Waals surface area contributed by atoms with E-state index >= 15 is 0 Å². The van der Waals surface area contributed by atoms with E-state index in [4.69, 9.17) is 10.5 Å². The maximum atomic E-state index is 5.85. The van der Waals surface area contributed by atoms with Crippen molar-refractivity contribution in [1.29, 1.82) is 0 Å². The highest BCUT2D eigenvalue weighted by atomic mass is 16.5. The summed E-state index contributed by atoms with van der Waals surface area (Å²) in [5, 5.41) is 0. The van der Waals surface area contributed by atoms with Crippen molar-refractivity contribution in [2.75, 3.05) is 5.73 Å². The molecule has 14 heavy (non-hydrogen) atoms. The maximum Gasteiger partial charge on any atom is 0.149 e. The van der Waals surface area contributed by atoms with Gasteiger partial charge in [-0.15, -0.1) is 0 Å². The number of rotatable bonds is 3. The molecular weight excluding hydrogens is 176 g/mol. The molecule has 3 nitrogen and oxygen atoms in total. The summed E-state index contributed by atoms with van der Waals surface area (Å²) >= 11 is 0. The fourth-order valence-corrected chi connectivity index (χ4v) is 1.38. The molecule has 2 N–H and O–H groups in total. The normalized spacial score (nSPS) is 15.9. The summed E-state index contributed by atoms with van der Waals surface area (Å²) in [6.45, 7) is 4.24. The van der Waals surface area contributed by atoms with Gasteiger partial charge in [0, 0.05) is 11.8 Å². The Balaban J connectivity index is 2.31. The van der Waals surface area contributed by atoms with Gasteiger partial charge in [0.15, 0.2) is 0 Å². The first-order valence-electron chi connectivity index (χ1n) is 5.08. The average molecular weight is 192 g/mol. The van der Waals surface area contributed by atoms with Crippen LogP contribution in [0.1, 0.15) is 38.2 Å². The lowest BCUT2D eigenvalue weighted by atomic mass is 10.0. The van der Waals surface area contributed by atoms with Crippen LogP contribution in [0.3, 0.4) is 0 Å². The number of nitrogen functional groups attached to an aromatic ring is 1. The molecule has 0 atom stereocenters. The Morgan fingerprint density at radius 1 is 1.43 bits per heavy atom.